The molecule has 0 saturated heterocycles. The topological polar surface area (TPSA) is 237 Å². The van der Waals surface area contributed by atoms with E-state index in [9.17, 15) is 43.2 Å². The molecule has 0 bridgehead atoms. The van der Waals surface area contributed by atoms with Crippen molar-refractivity contribution in [1.29, 1.82) is 0 Å². The summed E-state index contributed by atoms with van der Waals surface area (Å²) < 4.78 is 68.8. The Balaban J connectivity index is 5.23. The SMILES string of the molecule is CCCCCCCCCCCCCCCCCCCCCCC(=O)O[C@H](COC(=O)CCCCCCCCCCCCCCCCCCCC)COP(=O)(O)OC[C@@H](O)COP(=O)(O)OC[C@@H](COC(=O)CCCCCCCCCCCC)OC(=O)CCCCCCCCCCCCCCC(C)C. The Kier molecular flexibility index (Phi) is 75.4. The van der Waals surface area contributed by atoms with Crippen LogP contribution in [0.3, 0.4) is 0 Å². The molecule has 0 radical (unpaired) electrons. The number of carbonyl (C=O) groups is 4. The van der Waals surface area contributed by atoms with E-state index >= 15 is 0 Å². The number of esters is 4. The van der Waals surface area contributed by atoms with Crippen LogP contribution in [0.2, 0.25) is 0 Å². The molecule has 0 aromatic heterocycles. The standard InChI is InChI=1S/C84H164O17P2/c1-6-9-12-15-18-21-24-26-28-30-32-33-35-37-39-44-49-54-59-64-69-83(88)101-80(74-95-82(87)68-63-58-53-48-43-38-36-34-31-29-27-25-22-19-16-13-10-7-2)76-99-103(92,93)97-72-78(85)71-96-102(90,91)98-75-79(73-94-81(86)67-62-57-52-47-23-20-17-14-11-8-3)100-84(89)70-65-60-55-50-45-41-40-42-46-51-56-61-66-77(4)5/h77-80,85H,6-76H2,1-5H3,(H,90,91)(H,92,93)/t78-,79+,80+/m0/s1. The van der Waals surface area contributed by atoms with Crippen molar-refractivity contribution in [1.82, 2.24) is 0 Å². The zero-order valence-corrected chi connectivity index (χ0v) is 69.3. The molecule has 0 aromatic carbocycles. The maximum Gasteiger partial charge on any atom is 0.472 e. The highest BCUT2D eigenvalue weighted by molar-refractivity contribution is 7.47. The molecule has 612 valence electrons. The van der Waals surface area contributed by atoms with Gasteiger partial charge in [-0.3, -0.25) is 37.3 Å². The summed E-state index contributed by atoms with van der Waals surface area (Å²) in [7, 11) is -9.92. The van der Waals surface area contributed by atoms with E-state index < -0.39 is 97.5 Å². The lowest BCUT2D eigenvalue weighted by Gasteiger charge is -2.21. The normalized spacial score (nSPS) is 13.8. The van der Waals surface area contributed by atoms with Gasteiger partial charge in [0.15, 0.2) is 12.2 Å². The summed E-state index contributed by atoms with van der Waals surface area (Å²) >= 11 is 0. The summed E-state index contributed by atoms with van der Waals surface area (Å²) in [5, 5.41) is 10.7. The third-order valence-electron chi connectivity index (χ3n) is 19.8. The fraction of sp³-hybridized carbons (Fsp3) is 0.952. The summed E-state index contributed by atoms with van der Waals surface area (Å²) in [5.41, 5.74) is 0. The molecule has 5 atom stereocenters. The highest BCUT2D eigenvalue weighted by Crippen LogP contribution is 2.45. The molecule has 0 aliphatic heterocycles. The number of phosphoric ester groups is 2. The first-order chi connectivity index (χ1) is 50.0. The van der Waals surface area contributed by atoms with E-state index in [0.29, 0.717) is 25.7 Å². The van der Waals surface area contributed by atoms with E-state index in [0.717, 1.165) is 95.8 Å². The minimum Gasteiger partial charge on any atom is -0.462 e. The average molecular weight is 1510 g/mol. The molecule has 3 N–H and O–H groups in total. The Labute approximate surface area is 632 Å². The van der Waals surface area contributed by atoms with Crippen LogP contribution in [-0.2, 0) is 65.4 Å². The fourth-order valence-corrected chi connectivity index (χ4v) is 14.7. The number of carbonyl (C=O) groups excluding carboxylic acids is 4. The molecule has 0 heterocycles. The van der Waals surface area contributed by atoms with Gasteiger partial charge in [-0.15, -0.1) is 0 Å². The van der Waals surface area contributed by atoms with E-state index in [2.05, 4.69) is 34.6 Å². The number of rotatable bonds is 84. The van der Waals surface area contributed by atoms with Crippen molar-refractivity contribution < 1.29 is 80.2 Å². The molecule has 103 heavy (non-hydrogen) atoms. The second-order valence-electron chi connectivity index (χ2n) is 30.7. The third kappa shape index (κ3) is 78.0. The maximum absolute atomic E-state index is 13.1. The van der Waals surface area contributed by atoms with Gasteiger partial charge >= 0.3 is 39.5 Å². The van der Waals surface area contributed by atoms with Crippen LogP contribution < -0.4 is 0 Å². The molecular weight excluding hydrogens is 1340 g/mol. The van der Waals surface area contributed by atoms with Crippen molar-refractivity contribution in [3.8, 4) is 0 Å². The van der Waals surface area contributed by atoms with Crippen LogP contribution in [-0.4, -0.2) is 96.7 Å². The van der Waals surface area contributed by atoms with Crippen LogP contribution in [0.25, 0.3) is 0 Å². The quantitative estimate of drug-likeness (QED) is 0.0222. The number of aliphatic hydroxyl groups excluding tert-OH is 1. The number of aliphatic hydroxyl groups is 1. The van der Waals surface area contributed by atoms with Crippen LogP contribution in [0.15, 0.2) is 0 Å². The summed E-state index contributed by atoms with van der Waals surface area (Å²) in [4.78, 5) is 73.1. The van der Waals surface area contributed by atoms with Crippen molar-refractivity contribution in [2.24, 2.45) is 5.92 Å². The highest BCUT2D eigenvalue weighted by atomic mass is 31.2. The van der Waals surface area contributed by atoms with Crippen molar-refractivity contribution in [2.75, 3.05) is 39.6 Å². The van der Waals surface area contributed by atoms with Gasteiger partial charge in [-0.25, -0.2) is 9.13 Å². The molecule has 2 unspecified atom stereocenters. The van der Waals surface area contributed by atoms with E-state index in [-0.39, 0.29) is 25.7 Å². The van der Waals surface area contributed by atoms with Crippen LogP contribution in [0.4, 0.5) is 0 Å². The first-order valence-corrected chi connectivity index (χ1v) is 46.6. The van der Waals surface area contributed by atoms with Crippen LogP contribution >= 0.6 is 15.6 Å². The third-order valence-corrected chi connectivity index (χ3v) is 21.7. The van der Waals surface area contributed by atoms with Crippen molar-refractivity contribution in [3.05, 3.63) is 0 Å². The monoisotopic (exact) mass is 1510 g/mol. The first kappa shape index (κ1) is 101. The van der Waals surface area contributed by atoms with Gasteiger partial charge in [0.25, 0.3) is 0 Å². The Hall–Kier alpha value is -1.94. The molecule has 0 fully saturated rings. The predicted molar refractivity (Wildman–Crippen MR) is 423 cm³/mol. The van der Waals surface area contributed by atoms with Crippen molar-refractivity contribution in [2.45, 2.75) is 470 Å². The number of hydrogen-bond acceptors (Lipinski definition) is 15. The van der Waals surface area contributed by atoms with Gasteiger partial charge in [-0.05, 0) is 31.6 Å². The largest absolute Gasteiger partial charge is 0.472 e. The Morgan fingerprint density at radius 2 is 0.447 bits per heavy atom. The summed E-state index contributed by atoms with van der Waals surface area (Å²) in [6, 6.07) is 0. The number of phosphoric acid groups is 2. The number of ether oxygens (including phenoxy) is 4. The zero-order chi connectivity index (χ0) is 75.5. The van der Waals surface area contributed by atoms with Crippen LogP contribution in [0.5, 0.6) is 0 Å². The van der Waals surface area contributed by atoms with E-state index in [1.807, 2.05) is 0 Å². The van der Waals surface area contributed by atoms with Crippen molar-refractivity contribution >= 4 is 39.5 Å². The lowest BCUT2D eigenvalue weighted by Crippen LogP contribution is -2.30. The Morgan fingerprint density at radius 3 is 0.660 bits per heavy atom. The predicted octanol–water partition coefficient (Wildman–Crippen LogP) is 25.6. The zero-order valence-electron chi connectivity index (χ0n) is 67.5. The molecule has 0 spiro atoms. The van der Waals surface area contributed by atoms with E-state index in [4.69, 9.17) is 37.0 Å². The average Bonchev–Trinajstić information content (AvgIpc) is 0.926. The number of unbranched alkanes of at least 4 members (excludes halogenated alkanes) is 56. The van der Waals surface area contributed by atoms with Gasteiger partial charge in [-0.2, -0.15) is 0 Å². The molecule has 17 nitrogen and oxygen atoms in total. The van der Waals surface area contributed by atoms with E-state index in [1.165, 1.54) is 276 Å². The van der Waals surface area contributed by atoms with Gasteiger partial charge in [-0.1, -0.05) is 401 Å². The highest BCUT2D eigenvalue weighted by Gasteiger charge is 2.30. The summed E-state index contributed by atoms with van der Waals surface area (Å²) in [6.45, 7) is 7.35. The summed E-state index contributed by atoms with van der Waals surface area (Å²) in [6.07, 6.45) is 69.4. The van der Waals surface area contributed by atoms with Gasteiger partial charge in [0, 0.05) is 25.7 Å². The molecular formula is C84H164O17P2. The molecule has 19 heteroatoms. The minimum absolute atomic E-state index is 0.108. The second-order valence-corrected chi connectivity index (χ2v) is 33.6. The second kappa shape index (κ2) is 76.8. The van der Waals surface area contributed by atoms with Gasteiger partial charge < -0.3 is 33.8 Å². The first-order valence-electron chi connectivity index (χ1n) is 43.6. The minimum atomic E-state index is -4.96. The molecule has 0 aromatic rings. The molecule has 0 rings (SSSR count). The molecule has 0 aliphatic rings. The van der Waals surface area contributed by atoms with E-state index in [1.54, 1.807) is 0 Å². The van der Waals surface area contributed by atoms with Crippen LogP contribution in [0, 0.1) is 5.92 Å². The Bertz CT molecular complexity index is 1960. The maximum atomic E-state index is 13.1. The van der Waals surface area contributed by atoms with Crippen molar-refractivity contribution in [3.63, 3.8) is 0 Å². The van der Waals surface area contributed by atoms with Gasteiger partial charge in [0.2, 0.25) is 0 Å². The molecule has 0 aliphatic carbocycles. The smallest absolute Gasteiger partial charge is 0.462 e. The fourth-order valence-electron chi connectivity index (χ4n) is 13.1. The van der Waals surface area contributed by atoms with Gasteiger partial charge in [0.05, 0.1) is 26.4 Å². The lowest BCUT2D eigenvalue weighted by atomic mass is 10.0. The van der Waals surface area contributed by atoms with Gasteiger partial charge in [0.1, 0.15) is 19.3 Å². The molecule has 0 saturated carbocycles. The molecule has 0 amide bonds. The lowest BCUT2D eigenvalue weighted by molar-refractivity contribution is -0.161. The van der Waals surface area contributed by atoms with Crippen LogP contribution in [0.1, 0.15) is 452 Å². The Morgan fingerprint density at radius 1 is 0.262 bits per heavy atom. The number of hydrogen-bond donors (Lipinski definition) is 3. The summed E-state index contributed by atoms with van der Waals surface area (Å²) in [5.74, 6) is -1.33.